The molecule has 92 valence electrons. The van der Waals surface area contributed by atoms with Gasteiger partial charge in [0.2, 0.25) is 15.9 Å². The van der Waals surface area contributed by atoms with Crippen LogP contribution in [0.5, 0.6) is 0 Å². The zero-order valence-electron chi connectivity index (χ0n) is 9.03. The summed E-state index contributed by atoms with van der Waals surface area (Å²) in [5.74, 6) is -0.00187. The first-order chi connectivity index (χ1) is 7.58. The first-order valence-corrected chi connectivity index (χ1v) is 7.11. The van der Waals surface area contributed by atoms with Crippen molar-refractivity contribution in [2.24, 2.45) is 0 Å². The number of carbonyl (C=O) groups excluding carboxylic acids is 1. The Kier molecular flexibility index (Phi) is 3.46. The predicted octanol–water partition coefficient (Wildman–Crippen LogP) is -1.45. The van der Waals surface area contributed by atoms with Crippen molar-refractivity contribution < 1.29 is 13.2 Å². The molecule has 2 fully saturated rings. The van der Waals surface area contributed by atoms with Crippen LogP contribution in [0.1, 0.15) is 19.3 Å². The SMILES string of the molecule is O=C1CCC(NS(=O)(=O)C2CCNC2)CN1. The smallest absolute Gasteiger partial charge is 0.220 e. The maximum atomic E-state index is 11.9. The van der Waals surface area contributed by atoms with Gasteiger partial charge in [-0.3, -0.25) is 4.79 Å². The van der Waals surface area contributed by atoms with Crippen molar-refractivity contribution in [1.29, 1.82) is 0 Å². The quantitative estimate of drug-likeness (QED) is 0.569. The number of nitrogens with one attached hydrogen (secondary N) is 3. The Morgan fingerprint density at radius 3 is 2.62 bits per heavy atom. The molecule has 0 aromatic carbocycles. The van der Waals surface area contributed by atoms with Crippen molar-refractivity contribution in [3.8, 4) is 0 Å². The third kappa shape index (κ3) is 2.72. The monoisotopic (exact) mass is 247 g/mol. The van der Waals surface area contributed by atoms with E-state index >= 15 is 0 Å². The molecule has 7 heteroatoms. The number of rotatable bonds is 3. The van der Waals surface area contributed by atoms with E-state index in [2.05, 4.69) is 15.4 Å². The Morgan fingerprint density at radius 1 is 1.25 bits per heavy atom. The van der Waals surface area contributed by atoms with Crippen molar-refractivity contribution in [2.75, 3.05) is 19.6 Å². The van der Waals surface area contributed by atoms with Gasteiger partial charge in [-0.15, -0.1) is 0 Å². The van der Waals surface area contributed by atoms with Gasteiger partial charge >= 0.3 is 0 Å². The summed E-state index contributed by atoms with van der Waals surface area (Å²) in [6.45, 7) is 1.68. The molecule has 0 aromatic rings. The van der Waals surface area contributed by atoms with Gasteiger partial charge in [0.25, 0.3) is 0 Å². The minimum Gasteiger partial charge on any atom is -0.355 e. The number of sulfonamides is 1. The van der Waals surface area contributed by atoms with Crippen LogP contribution in [0.3, 0.4) is 0 Å². The lowest BCUT2D eigenvalue weighted by atomic mass is 10.1. The maximum Gasteiger partial charge on any atom is 0.220 e. The summed E-state index contributed by atoms with van der Waals surface area (Å²) in [6.07, 6.45) is 1.65. The highest BCUT2D eigenvalue weighted by Crippen LogP contribution is 2.11. The summed E-state index contributed by atoms with van der Waals surface area (Å²) in [7, 11) is -3.24. The Balaban J connectivity index is 1.90. The second kappa shape index (κ2) is 4.68. The lowest BCUT2D eigenvalue weighted by molar-refractivity contribution is -0.122. The molecule has 2 unspecified atom stereocenters. The molecule has 2 aliphatic rings. The summed E-state index contributed by atoms with van der Waals surface area (Å²) in [5.41, 5.74) is 0. The molecule has 2 aliphatic heterocycles. The normalized spacial score (nSPS) is 31.4. The molecule has 0 radical (unpaired) electrons. The van der Waals surface area contributed by atoms with Crippen molar-refractivity contribution in [1.82, 2.24) is 15.4 Å². The summed E-state index contributed by atoms with van der Waals surface area (Å²) in [4.78, 5) is 10.9. The molecule has 0 bridgehead atoms. The summed E-state index contributed by atoms with van der Waals surface area (Å²) >= 11 is 0. The Bertz CT molecular complexity index is 352. The van der Waals surface area contributed by atoms with E-state index in [0.717, 1.165) is 6.54 Å². The molecule has 0 spiro atoms. The summed E-state index contributed by atoms with van der Waals surface area (Å²) < 4.78 is 26.5. The van der Waals surface area contributed by atoms with E-state index in [1.807, 2.05) is 0 Å². The fourth-order valence-electron chi connectivity index (χ4n) is 2.05. The van der Waals surface area contributed by atoms with Gasteiger partial charge in [0.15, 0.2) is 0 Å². The highest BCUT2D eigenvalue weighted by atomic mass is 32.2. The van der Waals surface area contributed by atoms with E-state index in [9.17, 15) is 13.2 Å². The second-order valence-electron chi connectivity index (χ2n) is 4.32. The lowest BCUT2D eigenvalue weighted by Gasteiger charge is -2.24. The molecule has 3 N–H and O–H groups in total. The predicted molar refractivity (Wildman–Crippen MR) is 59.4 cm³/mol. The molecule has 1 amide bonds. The standard InChI is InChI=1S/C9H17N3O3S/c13-9-2-1-7(5-11-9)12-16(14,15)8-3-4-10-6-8/h7-8,10,12H,1-6H2,(H,11,13). The van der Waals surface area contributed by atoms with E-state index in [1.54, 1.807) is 0 Å². The highest BCUT2D eigenvalue weighted by Gasteiger charge is 2.31. The number of hydrogen-bond donors (Lipinski definition) is 3. The number of piperidine rings is 1. The first-order valence-electron chi connectivity index (χ1n) is 5.56. The topological polar surface area (TPSA) is 87.3 Å². The molecule has 0 aliphatic carbocycles. The molecule has 2 heterocycles. The molecular formula is C9H17N3O3S. The number of carbonyl (C=O) groups is 1. The number of amides is 1. The van der Waals surface area contributed by atoms with Gasteiger partial charge < -0.3 is 10.6 Å². The van der Waals surface area contributed by atoms with E-state index in [0.29, 0.717) is 32.4 Å². The van der Waals surface area contributed by atoms with Crippen molar-refractivity contribution in [3.05, 3.63) is 0 Å². The average Bonchev–Trinajstić information content (AvgIpc) is 2.75. The maximum absolute atomic E-state index is 11.9. The third-order valence-corrected chi connectivity index (χ3v) is 4.99. The largest absolute Gasteiger partial charge is 0.355 e. The summed E-state index contributed by atoms with van der Waals surface area (Å²) in [6, 6.07) is -0.150. The van der Waals surface area contributed by atoms with Crippen LogP contribution in [-0.4, -0.2) is 45.3 Å². The molecule has 6 nitrogen and oxygen atoms in total. The average molecular weight is 247 g/mol. The molecule has 2 atom stereocenters. The minimum atomic E-state index is -3.24. The van der Waals surface area contributed by atoms with E-state index < -0.39 is 10.0 Å². The number of hydrogen-bond acceptors (Lipinski definition) is 4. The zero-order chi connectivity index (χ0) is 11.6. The van der Waals surface area contributed by atoms with Crippen LogP contribution in [-0.2, 0) is 14.8 Å². The van der Waals surface area contributed by atoms with E-state index in [-0.39, 0.29) is 17.2 Å². The Morgan fingerprint density at radius 2 is 2.06 bits per heavy atom. The van der Waals surface area contributed by atoms with Gasteiger partial charge in [-0.05, 0) is 19.4 Å². The first kappa shape index (κ1) is 11.8. The minimum absolute atomic E-state index is 0.00187. The fourth-order valence-corrected chi connectivity index (χ4v) is 3.68. The van der Waals surface area contributed by atoms with Crippen molar-refractivity contribution in [2.45, 2.75) is 30.6 Å². The lowest BCUT2D eigenvalue weighted by Crippen LogP contribution is -2.50. The second-order valence-corrected chi connectivity index (χ2v) is 6.31. The zero-order valence-corrected chi connectivity index (χ0v) is 9.85. The van der Waals surface area contributed by atoms with Gasteiger partial charge in [0.1, 0.15) is 0 Å². The van der Waals surface area contributed by atoms with Crippen LogP contribution in [0.4, 0.5) is 0 Å². The van der Waals surface area contributed by atoms with Crippen LogP contribution in [0, 0.1) is 0 Å². The Labute approximate surface area is 95.2 Å². The van der Waals surface area contributed by atoms with Crippen LogP contribution < -0.4 is 15.4 Å². The van der Waals surface area contributed by atoms with Crippen molar-refractivity contribution in [3.63, 3.8) is 0 Å². The molecule has 2 saturated heterocycles. The van der Waals surface area contributed by atoms with Crippen LogP contribution in [0.2, 0.25) is 0 Å². The fraction of sp³-hybridized carbons (Fsp3) is 0.889. The third-order valence-electron chi connectivity index (χ3n) is 3.05. The molecule has 0 aromatic heterocycles. The van der Waals surface area contributed by atoms with Crippen LogP contribution in [0.15, 0.2) is 0 Å². The molecule has 16 heavy (non-hydrogen) atoms. The molecular weight excluding hydrogens is 230 g/mol. The summed E-state index contributed by atoms with van der Waals surface area (Å²) in [5, 5.41) is 5.37. The van der Waals surface area contributed by atoms with Crippen molar-refractivity contribution >= 4 is 15.9 Å². The van der Waals surface area contributed by atoms with Gasteiger partial charge in [-0.25, -0.2) is 13.1 Å². The molecule has 2 rings (SSSR count). The van der Waals surface area contributed by atoms with E-state index in [4.69, 9.17) is 0 Å². The van der Waals surface area contributed by atoms with Gasteiger partial charge in [0.05, 0.1) is 5.25 Å². The molecule has 0 saturated carbocycles. The highest BCUT2D eigenvalue weighted by molar-refractivity contribution is 7.90. The Hall–Kier alpha value is -0.660. The van der Waals surface area contributed by atoms with Gasteiger partial charge in [-0.1, -0.05) is 0 Å². The van der Waals surface area contributed by atoms with E-state index in [1.165, 1.54) is 0 Å². The van der Waals surface area contributed by atoms with Gasteiger partial charge in [0, 0.05) is 25.6 Å². The van der Waals surface area contributed by atoms with Crippen LogP contribution >= 0.6 is 0 Å². The van der Waals surface area contributed by atoms with Gasteiger partial charge in [-0.2, -0.15) is 0 Å². The van der Waals surface area contributed by atoms with Crippen LogP contribution in [0.25, 0.3) is 0 Å².